The van der Waals surface area contributed by atoms with Crippen LogP contribution in [0.2, 0.25) is 5.02 Å². The summed E-state index contributed by atoms with van der Waals surface area (Å²) < 4.78 is 5.10. The highest BCUT2D eigenvalue weighted by Crippen LogP contribution is 2.18. The smallest absolute Gasteiger partial charge is 0.247 e. The van der Waals surface area contributed by atoms with Gasteiger partial charge in [-0.15, -0.1) is 10.2 Å². The van der Waals surface area contributed by atoms with Gasteiger partial charge in [0.15, 0.2) is 6.04 Å². The summed E-state index contributed by atoms with van der Waals surface area (Å²) in [5.74, 6) is 0.306. The lowest BCUT2D eigenvalue weighted by Gasteiger charge is -2.13. The van der Waals surface area contributed by atoms with Crippen LogP contribution in [0.25, 0.3) is 11.4 Å². The van der Waals surface area contributed by atoms with E-state index in [1.165, 1.54) is 4.80 Å². The van der Waals surface area contributed by atoms with Crippen molar-refractivity contribution >= 4 is 17.5 Å². The number of methoxy groups -OCH3 is 1. The van der Waals surface area contributed by atoms with E-state index in [1.54, 1.807) is 19.2 Å². The number of rotatable bonds is 8. The maximum absolute atomic E-state index is 12.6. The molecule has 2 aromatic carbocycles. The maximum atomic E-state index is 12.6. The summed E-state index contributed by atoms with van der Waals surface area (Å²) >= 11 is 5.91. The number of amides is 1. The van der Waals surface area contributed by atoms with Gasteiger partial charge in [-0.05, 0) is 47.0 Å². The fraction of sp³-hybridized carbons (Fsp3) is 0.300. The predicted molar refractivity (Wildman–Crippen MR) is 107 cm³/mol. The van der Waals surface area contributed by atoms with Crippen molar-refractivity contribution in [3.05, 3.63) is 64.7 Å². The molecule has 0 bridgehead atoms. The lowest BCUT2D eigenvalue weighted by Crippen LogP contribution is -2.33. The Hall–Kier alpha value is -2.77. The first-order valence-corrected chi connectivity index (χ1v) is 9.38. The monoisotopic (exact) mass is 399 g/mol. The van der Waals surface area contributed by atoms with Crippen LogP contribution in [-0.4, -0.2) is 33.2 Å². The molecule has 1 N–H and O–H groups in total. The van der Waals surface area contributed by atoms with E-state index < -0.39 is 6.04 Å². The van der Waals surface area contributed by atoms with E-state index in [0.717, 1.165) is 16.7 Å². The summed E-state index contributed by atoms with van der Waals surface area (Å²) in [5.41, 5.74) is 2.89. The zero-order valence-electron chi connectivity index (χ0n) is 15.8. The summed E-state index contributed by atoms with van der Waals surface area (Å²) in [7, 11) is 1.66. The molecule has 0 saturated heterocycles. The molecular formula is C20H22ClN5O2. The van der Waals surface area contributed by atoms with E-state index >= 15 is 0 Å². The van der Waals surface area contributed by atoms with Crippen LogP contribution in [0.5, 0.6) is 0 Å². The molecule has 0 aliphatic rings. The van der Waals surface area contributed by atoms with Crippen LogP contribution in [-0.2, 0) is 22.7 Å². The number of hydrogen-bond donors (Lipinski definition) is 1. The Bertz CT molecular complexity index is 909. The Balaban J connectivity index is 1.64. The molecule has 0 fully saturated rings. The van der Waals surface area contributed by atoms with E-state index in [9.17, 15) is 4.79 Å². The number of nitrogens with one attached hydrogen (secondary N) is 1. The molecule has 0 radical (unpaired) electrons. The molecule has 1 unspecified atom stereocenters. The van der Waals surface area contributed by atoms with Crippen molar-refractivity contribution < 1.29 is 9.53 Å². The molecule has 0 aliphatic heterocycles. The maximum Gasteiger partial charge on any atom is 0.247 e. The fourth-order valence-electron chi connectivity index (χ4n) is 2.75. The molecule has 3 rings (SSSR count). The van der Waals surface area contributed by atoms with Crippen LogP contribution in [0.1, 0.15) is 30.5 Å². The third kappa shape index (κ3) is 4.94. The molecule has 28 heavy (non-hydrogen) atoms. The predicted octanol–water partition coefficient (Wildman–Crippen LogP) is 3.41. The van der Waals surface area contributed by atoms with Crippen molar-refractivity contribution in [2.24, 2.45) is 0 Å². The van der Waals surface area contributed by atoms with Gasteiger partial charge < -0.3 is 10.1 Å². The molecule has 0 saturated carbocycles. The quantitative estimate of drug-likeness (QED) is 0.627. The van der Waals surface area contributed by atoms with Crippen molar-refractivity contribution in [2.75, 3.05) is 7.11 Å². The van der Waals surface area contributed by atoms with Gasteiger partial charge in [-0.1, -0.05) is 42.8 Å². The molecule has 0 aliphatic carbocycles. The van der Waals surface area contributed by atoms with Crippen LogP contribution >= 0.6 is 11.6 Å². The van der Waals surface area contributed by atoms with Gasteiger partial charge in [0.2, 0.25) is 11.7 Å². The fourth-order valence-corrected chi connectivity index (χ4v) is 2.88. The summed E-state index contributed by atoms with van der Waals surface area (Å²) in [6.45, 7) is 2.91. The average molecular weight is 400 g/mol. The standard InChI is InChI=1S/C20H22ClN5O2/c1-3-18(20(27)22-12-14-4-6-15(7-5-14)13-28-2)26-24-19(23-25-26)16-8-10-17(21)11-9-16/h4-11,18H,3,12-13H2,1-2H3,(H,22,27). The summed E-state index contributed by atoms with van der Waals surface area (Å²) in [4.78, 5) is 14.0. The Morgan fingerprint density at radius 3 is 2.46 bits per heavy atom. The van der Waals surface area contributed by atoms with Gasteiger partial charge in [0, 0.05) is 24.2 Å². The minimum absolute atomic E-state index is 0.150. The molecule has 7 nitrogen and oxygen atoms in total. The van der Waals surface area contributed by atoms with E-state index in [0.29, 0.717) is 30.4 Å². The molecule has 1 heterocycles. The van der Waals surface area contributed by atoms with Crippen LogP contribution in [0, 0.1) is 0 Å². The third-order valence-corrected chi connectivity index (χ3v) is 4.55. The highest BCUT2D eigenvalue weighted by atomic mass is 35.5. The summed E-state index contributed by atoms with van der Waals surface area (Å²) in [6, 6.07) is 14.6. The Kier molecular flexibility index (Phi) is 6.73. The first-order chi connectivity index (χ1) is 13.6. The number of carbonyl (C=O) groups is 1. The number of ether oxygens (including phenoxy) is 1. The SMILES string of the molecule is CCC(C(=O)NCc1ccc(COC)cc1)n1nnc(-c2ccc(Cl)cc2)n1. The third-order valence-electron chi connectivity index (χ3n) is 4.30. The van der Waals surface area contributed by atoms with Gasteiger partial charge in [-0.25, -0.2) is 0 Å². The zero-order valence-corrected chi connectivity index (χ0v) is 16.6. The van der Waals surface area contributed by atoms with Gasteiger partial charge in [0.25, 0.3) is 0 Å². The van der Waals surface area contributed by atoms with E-state index in [4.69, 9.17) is 16.3 Å². The number of aromatic nitrogens is 4. The van der Waals surface area contributed by atoms with Crippen LogP contribution in [0.4, 0.5) is 0 Å². The van der Waals surface area contributed by atoms with Gasteiger partial charge in [0.05, 0.1) is 6.61 Å². The summed E-state index contributed by atoms with van der Waals surface area (Å²) in [6.07, 6.45) is 0.551. The van der Waals surface area contributed by atoms with Crippen molar-refractivity contribution in [1.29, 1.82) is 0 Å². The Morgan fingerprint density at radius 1 is 1.14 bits per heavy atom. The van der Waals surface area contributed by atoms with Crippen LogP contribution in [0.15, 0.2) is 48.5 Å². The molecular weight excluding hydrogens is 378 g/mol. The number of nitrogens with zero attached hydrogens (tertiary/aromatic N) is 4. The Morgan fingerprint density at radius 2 is 1.82 bits per heavy atom. The van der Waals surface area contributed by atoms with Crippen molar-refractivity contribution in [3.63, 3.8) is 0 Å². The zero-order chi connectivity index (χ0) is 19.9. The van der Waals surface area contributed by atoms with Crippen LogP contribution in [0.3, 0.4) is 0 Å². The number of carbonyl (C=O) groups excluding carboxylic acids is 1. The lowest BCUT2D eigenvalue weighted by molar-refractivity contribution is -0.125. The van der Waals surface area contributed by atoms with Gasteiger partial charge in [-0.2, -0.15) is 4.80 Å². The van der Waals surface area contributed by atoms with Crippen molar-refractivity contribution in [1.82, 2.24) is 25.5 Å². The highest BCUT2D eigenvalue weighted by Gasteiger charge is 2.21. The molecule has 146 valence electrons. The largest absolute Gasteiger partial charge is 0.380 e. The van der Waals surface area contributed by atoms with E-state index in [2.05, 4.69) is 20.7 Å². The van der Waals surface area contributed by atoms with Gasteiger partial charge in [0.1, 0.15) is 0 Å². The normalized spacial score (nSPS) is 12.0. The number of hydrogen-bond acceptors (Lipinski definition) is 5. The molecule has 0 spiro atoms. The second-order valence-electron chi connectivity index (χ2n) is 6.33. The number of halogens is 1. The number of benzene rings is 2. The molecule has 1 atom stereocenters. The Labute approximate surface area is 168 Å². The second kappa shape index (κ2) is 9.43. The molecule has 3 aromatic rings. The van der Waals surface area contributed by atoms with E-state index in [-0.39, 0.29) is 5.91 Å². The molecule has 8 heteroatoms. The number of tetrazole rings is 1. The summed E-state index contributed by atoms with van der Waals surface area (Å²) in [5, 5.41) is 16.1. The van der Waals surface area contributed by atoms with E-state index in [1.807, 2.05) is 43.3 Å². The average Bonchev–Trinajstić information content (AvgIpc) is 3.18. The second-order valence-corrected chi connectivity index (χ2v) is 6.77. The highest BCUT2D eigenvalue weighted by molar-refractivity contribution is 6.30. The first kappa shape index (κ1) is 20.0. The topological polar surface area (TPSA) is 81.9 Å². The van der Waals surface area contributed by atoms with Crippen molar-refractivity contribution in [2.45, 2.75) is 32.5 Å². The minimum Gasteiger partial charge on any atom is -0.380 e. The minimum atomic E-state index is -0.527. The van der Waals surface area contributed by atoms with Crippen LogP contribution < -0.4 is 5.32 Å². The van der Waals surface area contributed by atoms with Gasteiger partial charge in [-0.3, -0.25) is 4.79 Å². The molecule has 1 amide bonds. The lowest BCUT2D eigenvalue weighted by atomic mass is 10.1. The van der Waals surface area contributed by atoms with Gasteiger partial charge >= 0.3 is 0 Å². The first-order valence-electron chi connectivity index (χ1n) is 9.00. The van der Waals surface area contributed by atoms with Crippen molar-refractivity contribution in [3.8, 4) is 11.4 Å². The molecule has 1 aromatic heterocycles.